The topological polar surface area (TPSA) is 93.5 Å². The van der Waals surface area contributed by atoms with E-state index in [1.54, 1.807) is 18.7 Å². The van der Waals surface area contributed by atoms with Crippen LogP contribution in [0.1, 0.15) is 28.9 Å². The van der Waals surface area contributed by atoms with E-state index in [2.05, 4.69) is 10.4 Å². The molecule has 1 amide bonds. The van der Waals surface area contributed by atoms with E-state index in [1.165, 1.54) is 6.20 Å². The molecule has 1 aliphatic rings. The molecule has 0 bridgehead atoms. The number of nitrogens with one attached hydrogen (secondary N) is 1. The fourth-order valence-corrected chi connectivity index (χ4v) is 2.12. The Bertz CT molecular complexity index is 503. The minimum absolute atomic E-state index is 0.271. The number of aromatic nitrogens is 2. The average Bonchev–Trinajstić information content (AvgIpc) is 2.71. The second kappa shape index (κ2) is 5.00. The molecule has 104 valence electrons. The smallest absolute Gasteiger partial charge is 0.329 e. The SMILES string of the molecule is Cc1c(C(=O)NC2(C(=O)O)CCOCC2)cnn1C. The largest absolute Gasteiger partial charge is 0.480 e. The fourth-order valence-electron chi connectivity index (χ4n) is 2.12. The molecule has 1 saturated heterocycles. The maximum Gasteiger partial charge on any atom is 0.329 e. The van der Waals surface area contributed by atoms with Gasteiger partial charge in [0.15, 0.2) is 0 Å². The van der Waals surface area contributed by atoms with Crippen LogP contribution in [0, 0.1) is 6.92 Å². The predicted molar refractivity (Wildman–Crippen MR) is 65.8 cm³/mol. The van der Waals surface area contributed by atoms with Crippen molar-refractivity contribution in [3.8, 4) is 0 Å². The molecule has 0 spiro atoms. The highest BCUT2D eigenvalue weighted by atomic mass is 16.5. The molecule has 0 radical (unpaired) electrons. The molecule has 2 heterocycles. The highest BCUT2D eigenvalue weighted by Crippen LogP contribution is 2.22. The zero-order valence-electron chi connectivity index (χ0n) is 11.0. The zero-order valence-corrected chi connectivity index (χ0v) is 11.0. The first-order valence-corrected chi connectivity index (χ1v) is 6.08. The average molecular weight is 267 g/mol. The summed E-state index contributed by atoms with van der Waals surface area (Å²) in [5.41, 5.74) is -0.142. The van der Waals surface area contributed by atoms with Gasteiger partial charge in [0.25, 0.3) is 5.91 Å². The molecule has 0 saturated carbocycles. The summed E-state index contributed by atoms with van der Waals surface area (Å²) in [7, 11) is 1.73. The molecule has 7 heteroatoms. The van der Waals surface area contributed by atoms with Crippen molar-refractivity contribution in [1.29, 1.82) is 0 Å². The summed E-state index contributed by atoms with van der Waals surface area (Å²) in [5.74, 6) is -1.43. The van der Waals surface area contributed by atoms with Gasteiger partial charge in [-0.25, -0.2) is 4.79 Å². The molecular weight excluding hydrogens is 250 g/mol. The van der Waals surface area contributed by atoms with E-state index in [4.69, 9.17) is 4.74 Å². The van der Waals surface area contributed by atoms with Gasteiger partial charge in [0.2, 0.25) is 0 Å². The molecule has 1 aromatic heterocycles. The summed E-state index contributed by atoms with van der Waals surface area (Å²) < 4.78 is 6.73. The molecule has 2 rings (SSSR count). The number of carbonyl (C=O) groups is 2. The highest BCUT2D eigenvalue weighted by molar-refractivity contribution is 5.98. The van der Waals surface area contributed by atoms with Gasteiger partial charge in [-0.3, -0.25) is 9.48 Å². The fraction of sp³-hybridized carbons (Fsp3) is 0.583. The van der Waals surface area contributed by atoms with Crippen molar-refractivity contribution in [2.75, 3.05) is 13.2 Å². The van der Waals surface area contributed by atoms with E-state index in [-0.39, 0.29) is 12.8 Å². The lowest BCUT2D eigenvalue weighted by molar-refractivity contribution is -0.148. The molecule has 19 heavy (non-hydrogen) atoms. The minimum Gasteiger partial charge on any atom is -0.480 e. The Kier molecular flexibility index (Phi) is 3.57. The summed E-state index contributed by atoms with van der Waals surface area (Å²) in [5, 5.41) is 16.0. The number of ether oxygens (including phenoxy) is 1. The number of hydrogen-bond acceptors (Lipinski definition) is 4. The lowest BCUT2D eigenvalue weighted by Crippen LogP contribution is -2.57. The molecular formula is C12H17N3O4. The lowest BCUT2D eigenvalue weighted by atomic mass is 9.89. The van der Waals surface area contributed by atoms with Crippen molar-refractivity contribution in [2.45, 2.75) is 25.3 Å². The molecule has 0 aliphatic carbocycles. The first kappa shape index (κ1) is 13.5. The minimum atomic E-state index is -1.24. The Labute approximate surface area is 110 Å². The van der Waals surface area contributed by atoms with E-state index in [9.17, 15) is 14.7 Å². The van der Waals surface area contributed by atoms with Crippen LogP contribution in [0.15, 0.2) is 6.20 Å². The first-order chi connectivity index (χ1) is 8.96. The van der Waals surface area contributed by atoms with E-state index in [1.807, 2.05) is 0 Å². The summed E-state index contributed by atoms with van der Waals surface area (Å²) in [4.78, 5) is 23.6. The van der Waals surface area contributed by atoms with Crippen LogP contribution >= 0.6 is 0 Å². The van der Waals surface area contributed by atoms with Crippen molar-refractivity contribution >= 4 is 11.9 Å². The number of carbonyl (C=O) groups excluding carboxylic acids is 1. The summed E-state index contributed by atoms with van der Waals surface area (Å²) in [6, 6.07) is 0. The van der Waals surface area contributed by atoms with Crippen LogP contribution in [0.2, 0.25) is 0 Å². The molecule has 0 atom stereocenters. The molecule has 1 fully saturated rings. The van der Waals surface area contributed by atoms with Crippen molar-refractivity contribution < 1.29 is 19.4 Å². The molecule has 7 nitrogen and oxygen atoms in total. The Hall–Kier alpha value is -1.89. The van der Waals surface area contributed by atoms with Gasteiger partial charge in [-0.2, -0.15) is 5.10 Å². The number of aryl methyl sites for hydroxylation is 1. The Morgan fingerprint density at radius 2 is 2.11 bits per heavy atom. The van der Waals surface area contributed by atoms with E-state index in [0.717, 1.165) is 0 Å². The second-order valence-corrected chi connectivity index (χ2v) is 4.72. The molecule has 0 unspecified atom stereocenters. The van der Waals surface area contributed by atoms with Gasteiger partial charge in [-0.1, -0.05) is 0 Å². The van der Waals surface area contributed by atoms with Gasteiger partial charge >= 0.3 is 5.97 Å². The van der Waals surface area contributed by atoms with Crippen LogP contribution < -0.4 is 5.32 Å². The number of amides is 1. The molecule has 1 aliphatic heterocycles. The molecule has 1 aromatic rings. The van der Waals surface area contributed by atoms with Gasteiger partial charge in [-0.15, -0.1) is 0 Å². The van der Waals surface area contributed by atoms with E-state index >= 15 is 0 Å². The molecule has 2 N–H and O–H groups in total. The third-order valence-corrected chi connectivity index (χ3v) is 3.59. The van der Waals surface area contributed by atoms with Crippen molar-refractivity contribution in [3.63, 3.8) is 0 Å². The van der Waals surface area contributed by atoms with Gasteiger partial charge in [-0.05, 0) is 6.92 Å². The van der Waals surface area contributed by atoms with Crippen molar-refractivity contribution in [3.05, 3.63) is 17.5 Å². The maximum atomic E-state index is 12.2. The summed E-state index contributed by atoms with van der Waals surface area (Å²) >= 11 is 0. The Morgan fingerprint density at radius 1 is 1.47 bits per heavy atom. The quantitative estimate of drug-likeness (QED) is 0.809. The Morgan fingerprint density at radius 3 is 2.58 bits per heavy atom. The van der Waals surface area contributed by atoms with Gasteiger partial charge in [0.1, 0.15) is 5.54 Å². The van der Waals surface area contributed by atoms with Crippen molar-refractivity contribution in [1.82, 2.24) is 15.1 Å². The normalized spacial score (nSPS) is 18.0. The monoisotopic (exact) mass is 267 g/mol. The summed E-state index contributed by atoms with van der Waals surface area (Å²) in [6.45, 7) is 2.43. The van der Waals surface area contributed by atoms with E-state index < -0.39 is 17.4 Å². The van der Waals surface area contributed by atoms with Gasteiger partial charge < -0.3 is 15.2 Å². The molecule has 0 aromatic carbocycles. The zero-order chi connectivity index (χ0) is 14.0. The third kappa shape index (κ3) is 2.46. The lowest BCUT2D eigenvalue weighted by Gasteiger charge is -2.33. The van der Waals surface area contributed by atoms with Crippen LogP contribution in [0.25, 0.3) is 0 Å². The maximum absolute atomic E-state index is 12.2. The number of nitrogens with zero attached hydrogens (tertiary/aromatic N) is 2. The van der Waals surface area contributed by atoms with Crippen LogP contribution in [-0.4, -0.2) is 45.5 Å². The van der Waals surface area contributed by atoms with Gasteiger partial charge in [0, 0.05) is 38.8 Å². The number of aliphatic carboxylic acids is 1. The van der Waals surface area contributed by atoms with Gasteiger partial charge in [0.05, 0.1) is 11.8 Å². The van der Waals surface area contributed by atoms with E-state index in [0.29, 0.717) is 24.5 Å². The first-order valence-electron chi connectivity index (χ1n) is 6.08. The highest BCUT2D eigenvalue weighted by Gasteiger charge is 2.42. The number of carboxylic acids is 1. The standard InChI is InChI=1S/C12H17N3O4/c1-8-9(7-13-15(8)2)10(16)14-12(11(17)18)3-5-19-6-4-12/h7H,3-6H2,1-2H3,(H,14,16)(H,17,18). The van der Waals surface area contributed by atoms with Crippen LogP contribution in [-0.2, 0) is 16.6 Å². The van der Waals surface area contributed by atoms with Crippen LogP contribution in [0.4, 0.5) is 0 Å². The van der Waals surface area contributed by atoms with Crippen LogP contribution in [0.5, 0.6) is 0 Å². The number of carboxylic acid groups (broad SMARTS) is 1. The predicted octanol–water partition coefficient (Wildman–Crippen LogP) is 0.0921. The second-order valence-electron chi connectivity index (χ2n) is 4.72. The Balaban J connectivity index is 2.20. The summed E-state index contributed by atoms with van der Waals surface area (Å²) in [6.07, 6.45) is 1.99. The van der Waals surface area contributed by atoms with Crippen LogP contribution in [0.3, 0.4) is 0 Å². The third-order valence-electron chi connectivity index (χ3n) is 3.59. The van der Waals surface area contributed by atoms with Crippen molar-refractivity contribution in [2.24, 2.45) is 7.05 Å². The number of rotatable bonds is 3. The number of hydrogen-bond donors (Lipinski definition) is 2.